The van der Waals surface area contributed by atoms with E-state index in [0.29, 0.717) is 41.1 Å². The Kier molecular flexibility index (Phi) is 4.16. The maximum atomic E-state index is 12.9. The number of nitrogens with zero attached hydrogens (tertiary/aromatic N) is 6. The smallest absolute Gasteiger partial charge is 0.246 e. The molecule has 26 heavy (non-hydrogen) atoms. The van der Waals surface area contributed by atoms with Crippen molar-refractivity contribution in [1.82, 2.24) is 29.1 Å². The zero-order chi connectivity index (χ0) is 18.6. The van der Waals surface area contributed by atoms with Crippen LogP contribution in [0, 0.1) is 13.8 Å². The molecule has 0 aromatic carbocycles. The molecule has 4 rings (SSSR count). The van der Waals surface area contributed by atoms with Crippen LogP contribution in [0.3, 0.4) is 0 Å². The monoisotopic (exact) mass is 380 g/mol. The Morgan fingerprint density at radius 2 is 1.92 bits per heavy atom. The van der Waals surface area contributed by atoms with Crippen molar-refractivity contribution >= 4 is 10.0 Å². The summed E-state index contributed by atoms with van der Waals surface area (Å²) in [5.74, 6) is 1.22. The van der Waals surface area contributed by atoms with E-state index in [4.69, 9.17) is 4.52 Å². The molecule has 0 bridgehead atoms. The summed E-state index contributed by atoms with van der Waals surface area (Å²) in [4.78, 5) is 7.05. The van der Waals surface area contributed by atoms with Crippen molar-refractivity contribution in [2.24, 2.45) is 7.05 Å². The van der Waals surface area contributed by atoms with Gasteiger partial charge < -0.3 is 4.52 Å². The fraction of sp³-hybridized carbons (Fsp3) is 0.688. The van der Waals surface area contributed by atoms with Crippen LogP contribution in [0.15, 0.2) is 9.42 Å². The molecule has 0 N–H and O–H groups in total. The van der Waals surface area contributed by atoms with Gasteiger partial charge in [-0.05, 0) is 40.3 Å². The molecule has 2 fully saturated rings. The largest absolute Gasteiger partial charge is 0.338 e. The zero-order valence-corrected chi connectivity index (χ0v) is 16.3. The van der Waals surface area contributed by atoms with Gasteiger partial charge in [-0.1, -0.05) is 5.16 Å². The summed E-state index contributed by atoms with van der Waals surface area (Å²) >= 11 is 0. The Bertz CT molecular complexity index is 928. The second kappa shape index (κ2) is 6.14. The third-order valence-electron chi connectivity index (χ3n) is 5.52. The summed E-state index contributed by atoms with van der Waals surface area (Å²) in [7, 11) is 0.259. The fourth-order valence-corrected chi connectivity index (χ4v) is 5.76. The number of hydrogen-bond donors (Lipinski definition) is 0. The van der Waals surface area contributed by atoms with Crippen LogP contribution < -0.4 is 0 Å². The van der Waals surface area contributed by atoms with Crippen LogP contribution in [-0.2, 0) is 17.1 Å². The predicted molar refractivity (Wildman–Crippen MR) is 93.1 cm³/mol. The van der Waals surface area contributed by atoms with Crippen LogP contribution in [0.1, 0.15) is 47.9 Å². The molecule has 142 valence electrons. The van der Waals surface area contributed by atoms with E-state index in [2.05, 4.69) is 27.2 Å². The van der Waals surface area contributed by atoms with Crippen LogP contribution >= 0.6 is 0 Å². The summed E-state index contributed by atoms with van der Waals surface area (Å²) in [5.41, 5.74) is 1.18. The van der Waals surface area contributed by atoms with Crippen molar-refractivity contribution in [3.63, 3.8) is 0 Å². The molecular weight excluding hydrogens is 356 g/mol. The van der Waals surface area contributed by atoms with Gasteiger partial charge in [0.1, 0.15) is 4.90 Å². The molecule has 2 aliphatic rings. The van der Waals surface area contributed by atoms with Crippen molar-refractivity contribution in [3.05, 3.63) is 23.1 Å². The SMILES string of the molecule is Cc1nn(C)c(C)c1S(=O)(=O)N1CC(c2noc(C3CCCN3C)n2)C1. The van der Waals surface area contributed by atoms with Crippen molar-refractivity contribution in [2.45, 2.75) is 43.5 Å². The van der Waals surface area contributed by atoms with Crippen molar-refractivity contribution in [3.8, 4) is 0 Å². The van der Waals surface area contributed by atoms with E-state index in [1.807, 2.05) is 0 Å². The number of likely N-dealkylation sites (tertiary alicyclic amines) is 1. The maximum absolute atomic E-state index is 12.9. The van der Waals surface area contributed by atoms with Crippen LogP contribution in [0.2, 0.25) is 0 Å². The molecular formula is C16H24N6O3S. The number of aromatic nitrogens is 4. The van der Waals surface area contributed by atoms with Crippen LogP contribution in [0.4, 0.5) is 0 Å². The van der Waals surface area contributed by atoms with Gasteiger partial charge in [-0.25, -0.2) is 8.42 Å². The second-order valence-corrected chi connectivity index (χ2v) is 9.15. The molecule has 0 amide bonds. The summed E-state index contributed by atoms with van der Waals surface area (Å²) in [5, 5.41) is 8.31. The first kappa shape index (κ1) is 17.6. The van der Waals surface area contributed by atoms with E-state index in [0.717, 1.165) is 19.4 Å². The first-order valence-electron chi connectivity index (χ1n) is 8.83. The lowest BCUT2D eigenvalue weighted by atomic mass is 10.0. The molecule has 0 aliphatic carbocycles. The molecule has 9 nitrogen and oxygen atoms in total. The van der Waals surface area contributed by atoms with Gasteiger partial charge in [-0.3, -0.25) is 9.58 Å². The molecule has 0 saturated carbocycles. The zero-order valence-electron chi connectivity index (χ0n) is 15.5. The van der Waals surface area contributed by atoms with Gasteiger partial charge in [0.25, 0.3) is 0 Å². The van der Waals surface area contributed by atoms with E-state index in [1.54, 1.807) is 25.6 Å². The van der Waals surface area contributed by atoms with E-state index < -0.39 is 10.0 Å². The first-order chi connectivity index (χ1) is 12.3. The van der Waals surface area contributed by atoms with Gasteiger partial charge in [-0.15, -0.1) is 0 Å². The summed E-state index contributed by atoms with van der Waals surface area (Å²) in [6, 6.07) is 0.178. The molecule has 2 aromatic rings. The highest BCUT2D eigenvalue weighted by atomic mass is 32.2. The number of sulfonamides is 1. The molecule has 2 saturated heterocycles. The Morgan fingerprint density at radius 3 is 2.50 bits per heavy atom. The van der Waals surface area contributed by atoms with E-state index in [-0.39, 0.29) is 12.0 Å². The Balaban J connectivity index is 1.48. The minimum atomic E-state index is -3.55. The quantitative estimate of drug-likeness (QED) is 0.780. The Morgan fingerprint density at radius 1 is 1.19 bits per heavy atom. The Labute approximate surface area is 153 Å². The molecule has 0 spiro atoms. The van der Waals surface area contributed by atoms with Gasteiger partial charge in [0, 0.05) is 20.1 Å². The maximum Gasteiger partial charge on any atom is 0.246 e. The third kappa shape index (κ3) is 2.67. The lowest BCUT2D eigenvalue weighted by Gasteiger charge is -2.36. The standard InChI is InChI=1S/C16H24N6O3S/c1-10-14(11(2)21(4)18-10)26(23,24)22-8-12(9-22)15-17-16(25-19-15)13-6-5-7-20(13)3/h12-13H,5-9H2,1-4H3. The van der Waals surface area contributed by atoms with Gasteiger partial charge in [0.2, 0.25) is 15.9 Å². The molecule has 4 heterocycles. The highest BCUT2D eigenvalue weighted by molar-refractivity contribution is 7.89. The minimum Gasteiger partial charge on any atom is -0.338 e. The highest BCUT2D eigenvalue weighted by Crippen LogP contribution is 2.34. The highest BCUT2D eigenvalue weighted by Gasteiger charge is 2.42. The molecule has 2 aromatic heterocycles. The third-order valence-corrected chi connectivity index (χ3v) is 7.60. The lowest BCUT2D eigenvalue weighted by molar-refractivity contribution is 0.236. The summed E-state index contributed by atoms with van der Waals surface area (Å²) in [6.07, 6.45) is 2.14. The molecule has 2 aliphatic heterocycles. The van der Waals surface area contributed by atoms with E-state index >= 15 is 0 Å². The van der Waals surface area contributed by atoms with Gasteiger partial charge >= 0.3 is 0 Å². The predicted octanol–water partition coefficient (Wildman–Crippen LogP) is 0.975. The summed E-state index contributed by atoms with van der Waals surface area (Å²) < 4.78 is 34.3. The van der Waals surface area contributed by atoms with Crippen molar-refractivity contribution in [2.75, 3.05) is 26.7 Å². The van der Waals surface area contributed by atoms with E-state index in [9.17, 15) is 8.42 Å². The minimum absolute atomic E-state index is 0.0220. The average Bonchev–Trinajstić information content (AvgIpc) is 3.18. The normalized spacial score (nSPS) is 22.8. The van der Waals surface area contributed by atoms with Crippen LogP contribution in [-0.4, -0.2) is 64.2 Å². The second-order valence-electron chi connectivity index (χ2n) is 7.27. The molecule has 1 unspecified atom stereocenters. The van der Waals surface area contributed by atoms with Gasteiger partial charge in [0.15, 0.2) is 5.82 Å². The van der Waals surface area contributed by atoms with Crippen molar-refractivity contribution in [1.29, 1.82) is 0 Å². The first-order valence-corrected chi connectivity index (χ1v) is 10.3. The van der Waals surface area contributed by atoms with Crippen molar-refractivity contribution < 1.29 is 12.9 Å². The number of rotatable bonds is 4. The number of hydrogen-bond acceptors (Lipinski definition) is 7. The lowest BCUT2D eigenvalue weighted by Crippen LogP contribution is -2.48. The van der Waals surface area contributed by atoms with Gasteiger partial charge in [0.05, 0.1) is 23.3 Å². The average molecular weight is 380 g/mol. The number of aryl methyl sites for hydroxylation is 2. The van der Waals surface area contributed by atoms with Crippen LogP contribution in [0.5, 0.6) is 0 Å². The molecule has 10 heteroatoms. The van der Waals surface area contributed by atoms with Crippen LogP contribution in [0.25, 0.3) is 0 Å². The summed E-state index contributed by atoms with van der Waals surface area (Å²) in [6.45, 7) is 5.27. The Hall–Kier alpha value is -1.78. The van der Waals surface area contributed by atoms with E-state index in [1.165, 1.54) is 4.31 Å². The molecule has 0 radical (unpaired) electrons. The molecule has 1 atom stereocenters. The fourth-order valence-electron chi connectivity index (χ4n) is 3.82. The topological polar surface area (TPSA) is 97.4 Å². The van der Waals surface area contributed by atoms with Gasteiger partial charge in [-0.2, -0.15) is 14.4 Å².